The monoisotopic (exact) mass is 273 g/mol. The van der Waals surface area contributed by atoms with Crippen LogP contribution in [0.25, 0.3) is 11.3 Å². The summed E-state index contributed by atoms with van der Waals surface area (Å²) in [6, 6.07) is 9.54. The highest BCUT2D eigenvalue weighted by Gasteiger charge is 2.14. The molecule has 0 aliphatic rings. The van der Waals surface area contributed by atoms with Crippen molar-refractivity contribution in [1.29, 1.82) is 0 Å². The third-order valence-corrected chi connectivity index (χ3v) is 2.90. The summed E-state index contributed by atoms with van der Waals surface area (Å²) in [5.74, 6) is 0.613. The van der Waals surface area contributed by atoms with Crippen molar-refractivity contribution in [3.8, 4) is 17.0 Å². The van der Waals surface area contributed by atoms with Crippen LogP contribution in [-0.4, -0.2) is 28.8 Å². The van der Waals surface area contributed by atoms with E-state index in [9.17, 15) is 4.79 Å². The molecule has 0 bridgehead atoms. The number of hydrogen-bond acceptors (Lipinski definition) is 3. The first-order valence-corrected chi connectivity index (χ1v) is 6.50. The molecule has 0 spiro atoms. The Bertz CT molecular complexity index is 617. The molecule has 0 aliphatic heterocycles. The average molecular weight is 273 g/mol. The fraction of sp³-hybridized carbons (Fsp3) is 0.333. The first-order chi connectivity index (χ1) is 9.51. The zero-order chi connectivity index (χ0) is 14.7. The standard InChI is InChI=1S/C15H19N3O2/c1-10(2)16-15(19)13-9-14(18(3)17-13)11-6-5-7-12(8-11)20-4/h5-10H,1-4H3,(H,16,19). The third-order valence-electron chi connectivity index (χ3n) is 2.90. The molecular formula is C15H19N3O2. The molecule has 2 rings (SSSR count). The van der Waals surface area contributed by atoms with Gasteiger partial charge in [-0.1, -0.05) is 12.1 Å². The third kappa shape index (κ3) is 2.99. The second kappa shape index (κ2) is 5.77. The Balaban J connectivity index is 2.33. The second-order valence-corrected chi connectivity index (χ2v) is 4.90. The summed E-state index contributed by atoms with van der Waals surface area (Å²) in [5.41, 5.74) is 2.25. The zero-order valence-electron chi connectivity index (χ0n) is 12.2. The van der Waals surface area contributed by atoms with Gasteiger partial charge in [-0.2, -0.15) is 5.10 Å². The molecule has 5 heteroatoms. The summed E-state index contributed by atoms with van der Waals surface area (Å²) < 4.78 is 6.91. The topological polar surface area (TPSA) is 56.1 Å². The summed E-state index contributed by atoms with van der Waals surface area (Å²) in [4.78, 5) is 12.0. The van der Waals surface area contributed by atoms with Crippen LogP contribution in [0.1, 0.15) is 24.3 Å². The fourth-order valence-electron chi connectivity index (χ4n) is 1.97. The molecule has 106 valence electrons. The van der Waals surface area contributed by atoms with Crippen molar-refractivity contribution in [1.82, 2.24) is 15.1 Å². The number of aromatic nitrogens is 2. The van der Waals surface area contributed by atoms with E-state index < -0.39 is 0 Å². The van der Waals surface area contributed by atoms with Crippen molar-refractivity contribution >= 4 is 5.91 Å². The van der Waals surface area contributed by atoms with Gasteiger partial charge in [0, 0.05) is 18.7 Å². The van der Waals surface area contributed by atoms with E-state index in [4.69, 9.17) is 4.74 Å². The number of methoxy groups -OCH3 is 1. The Morgan fingerprint density at radius 3 is 2.75 bits per heavy atom. The molecule has 2 aromatic rings. The number of nitrogens with zero attached hydrogens (tertiary/aromatic N) is 2. The number of aryl methyl sites for hydroxylation is 1. The van der Waals surface area contributed by atoms with Gasteiger partial charge >= 0.3 is 0 Å². The lowest BCUT2D eigenvalue weighted by atomic mass is 10.1. The minimum Gasteiger partial charge on any atom is -0.497 e. The molecule has 1 heterocycles. The smallest absolute Gasteiger partial charge is 0.271 e. The van der Waals surface area contributed by atoms with Crippen LogP contribution in [0.2, 0.25) is 0 Å². The molecule has 1 amide bonds. The van der Waals surface area contributed by atoms with E-state index >= 15 is 0 Å². The zero-order valence-corrected chi connectivity index (χ0v) is 12.2. The molecule has 1 aromatic heterocycles. The maximum atomic E-state index is 12.0. The SMILES string of the molecule is COc1cccc(-c2cc(C(=O)NC(C)C)nn2C)c1. The van der Waals surface area contributed by atoms with Gasteiger partial charge in [0.25, 0.3) is 5.91 Å². The van der Waals surface area contributed by atoms with Gasteiger partial charge in [0.2, 0.25) is 0 Å². The predicted molar refractivity (Wildman–Crippen MR) is 77.8 cm³/mol. The molecule has 0 saturated carbocycles. The average Bonchev–Trinajstić information content (AvgIpc) is 2.80. The van der Waals surface area contributed by atoms with Crippen molar-refractivity contribution in [2.24, 2.45) is 7.05 Å². The quantitative estimate of drug-likeness (QED) is 0.929. The highest BCUT2D eigenvalue weighted by Crippen LogP contribution is 2.24. The molecule has 1 N–H and O–H groups in total. The Morgan fingerprint density at radius 1 is 1.35 bits per heavy atom. The molecule has 5 nitrogen and oxygen atoms in total. The van der Waals surface area contributed by atoms with E-state index in [0.717, 1.165) is 17.0 Å². The van der Waals surface area contributed by atoms with Gasteiger partial charge in [0.15, 0.2) is 5.69 Å². The molecule has 0 aliphatic carbocycles. The van der Waals surface area contributed by atoms with Gasteiger partial charge in [0.1, 0.15) is 5.75 Å². The molecular weight excluding hydrogens is 254 g/mol. The van der Waals surface area contributed by atoms with Crippen LogP contribution in [0.3, 0.4) is 0 Å². The Labute approximate surface area is 118 Å². The number of nitrogens with one attached hydrogen (secondary N) is 1. The highest BCUT2D eigenvalue weighted by molar-refractivity contribution is 5.93. The van der Waals surface area contributed by atoms with Gasteiger partial charge in [-0.15, -0.1) is 0 Å². The number of benzene rings is 1. The van der Waals surface area contributed by atoms with Crippen molar-refractivity contribution in [3.05, 3.63) is 36.0 Å². The van der Waals surface area contributed by atoms with E-state index in [1.807, 2.05) is 45.2 Å². The number of rotatable bonds is 4. The normalized spacial score (nSPS) is 10.7. The van der Waals surface area contributed by atoms with Gasteiger partial charge in [-0.05, 0) is 32.0 Å². The van der Waals surface area contributed by atoms with Gasteiger partial charge < -0.3 is 10.1 Å². The largest absolute Gasteiger partial charge is 0.497 e. The van der Waals surface area contributed by atoms with Crippen LogP contribution in [0, 0.1) is 0 Å². The summed E-state index contributed by atoms with van der Waals surface area (Å²) in [6.07, 6.45) is 0. The van der Waals surface area contributed by atoms with E-state index in [-0.39, 0.29) is 11.9 Å². The summed E-state index contributed by atoms with van der Waals surface area (Å²) in [5, 5.41) is 7.09. The van der Waals surface area contributed by atoms with Crippen LogP contribution in [-0.2, 0) is 7.05 Å². The minimum atomic E-state index is -0.162. The van der Waals surface area contributed by atoms with E-state index in [1.54, 1.807) is 17.9 Å². The molecule has 0 atom stereocenters. The Morgan fingerprint density at radius 2 is 2.10 bits per heavy atom. The Hall–Kier alpha value is -2.30. The number of hydrogen-bond donors (Lipinski definition) is 1. The van der Waals surface area contributed by atoms with Crippen molar-refractivity contribution in [2.75, 3.05) is 7.11 Å². The van der Waals surface area contributed by atoms with Crippen molar-refractivity contribution in [2.45, 2.75) is 19.9 Å². The molecule has 0 saturated heterocycles. The number of amides is 1. The number of ether oxygens (including phenoxy) is 1. The van der Waals surface area contributed by atoms with Gasteiger partial charge in [-0.25, -0.2) is 0 Å². The summed E-state index contributed by atoms with van der Waals surface area (Å²) in [6.45, 7) is 3.84. The van der Waals surface area contributed by atoms with E-state index in [1.165, 1.54) is 0 Å². The van der Waals surface area contributed by atoms with Crippen LogP contribution in [0.5, 0.6) is 5.75 Å². The summed E-state index contributed by atoms with van der Waals surface area (Å²) >= 11 is 0. The maximum absolute atomic E-state index is 12.0. The van der Waals surface area contributed by atoms with Crippen LogP contribution in [0.4, 0.5) is 0 Å². The van der Waals surface area contributed by atoms with Gasteiger partial charge in [0.05, 0.1) is 12.8 Å². The maximum Gasteiger partial charge on any atom is 0.271 e. The fourth-order valence-corrected chi connectivity index (χ4v) is 1.97. The lowest BCUT2D eigenvalue weighted by molar-refractivity contribution is 0.0937. The predicted octanol–water partition coefficient (Wildman–Crippen LogP) is 2.23. The van der Waals surface area contributed by atoms with Crippen molar-refractivity contribution < 1.29 is 9.53 Å². The lowest BCUT2D eigenvalue weighted by Crippen LogP contribution is -2.30. The first kappa shape index (κ1) is 14.1. The first-order valence-electron chi connectivity index (χ1n) is 6.50. The molecule has 1 aromatic carbocycles. The molecule has 0 fully saturated rings. The van der Waals surface area contributed by atoms with Crippen LogP contribution < -0.4 is 10.1 Å². The lowest BCUT2D eigenvalue weighted by Gasteiger charge is -2.05. The molecule has 0 radical (unpaired) electrons. The van der Waals surface area contributed by atoms with Gasteiger partial charge in [-0.3, -0.25) is 9.48 Å². The van der Waals surface area contributed by atoms with Crippen molar-refractivity contribution in [3.63, 3.8) is 0 Å². The number of carbonyl (C=O) groups excluding carboxylic acids is 1. The highest BCUT2D eigenvalue weighted by atomic mass is 16.5. The van der Waals surface area contributed by atoms with Crippen LogP contribution >= 0.6 is 0 Å². The molecule has 0 unspecified atom stereocenters. The van der Waals surface area contributed by atoms with E-state index in [0.29, 0.717) is 5.69 Å². The summed E-state index contributed by atoms with van der Waals surface area (Å²) in [7, 11) is 3.45. The van der Waals surface area contributed by atoms with E-state index in [2.05, 4.69) is 10.4 Å². The second-order valence-electron chi connectivity index (χ2n) is 4.90. The number of carbonyl (C=O) groups is 1. The Kier molecular flexibility index (Phi) is 4.08. The molecule has 20 heavy (non-hydrogen) atoms. The van der Waals surface area contributed by atoms with Crippen LogP contribution in [0.15, 0.2) is 30.3 Å². The minimum absolute atomic E-state index is 0.0878.